The summed E-state index contributed by atoms with van der Waals surface area (Å²) in [6.45, 7) is 7.62. The zero-order valence-corrected chi connectivity index (χ0v) is 25.3. The number of hydrogen-bond acceptors (Lipinski definition) is 10. The molecule has 40 heavy (non-hydrogen) atoms. The molecule has 0 saturated heterocycles. The summed E-state index contributed by atoms with van der Waals surface area (Å²) < 4.78 is 12.0. The van der Waals surface area contributed by atoms with Crippen molar-refractivity contribution < 1.29 is 14.6 Å². The number of halogens is 2. The van der Waals surface area contributed by atoms with E-state index in [1.165, 1.54) is 6.20 Å². The van der Waals surface area contributed by atoms with Crippen molar-refractivity contribution in [3.8, 4) is 23.1 Å². The van der Waals surface area contributed by atoms with Gasteiger partial charge >= 0.3 is 6.01 Å². The summed E-state index contributed by atoms with van der Waals surface area (Å²) >= 11 is 10.2. The van der Waals surface area contributed by atoms with Gasteiger partial charge in [-0.1, -0.05) is 24.9 Å². The van der Waals surface area contributed by atoms with E-state index < -0.39 is 6.10 Å². The lowest BCUT2D eigenvalue weighted by Gasteiger charge is -2.22. The summed E-state index contributed by atoms with van der Waals surface area (Å²) in [4.78, 5) is 25.4. The van der Waals surface area contributed by atoms with Crippen molar-refractivity contribution in [2.45, 2.75) is 52.8 Å². The summed E-state index contributed by atoms with van der Waals surface area (Å²) in [7, 11) is 1.68. The Balaban J connectivity index is 1.79. The van der Waals surface area contributed by atoms with Gasteiger partial charge in [-0.25, -0.2) is 15.0 Å². The van der Waals surface area contributed by atoms with Crippen LogP contribution >= 0.6 is 27.5 Å². The van der Waals surface area contributed by atoms with Crippen LogP contribution in [-0.2, 0) is 13.1 Å². The molecule has 3 N–H and O–H groups in total. The van der Waals surface area contributed by atoms with E-state index in [0.29, 0.717) is 76.0 Å². The summed E-state index contributed by atoms with van der Waals surface area (Å²) in [5, 5.41) is 10.6. The predicted molar refractivity (Wildman–Crippen MR) is 160 cm³/mol. The molecule has 0 unspecified atom stereocenters. The van der Waals surface area contributed by atoms with Gasteiger partial charge in [-0.15, -0.1) is 0 Å². The minimum absolute atomic E-state index is 0.178. The highest BCUT2D eigenvalue weighted by molar-refractivity contribution is 9.12. The highest BCUT2D eigenvalue weighted by Crippen LogP contribution is 2.35. The number of hydrogen-bond donors (Lipinski definition) is 2. The van der Waals surface area contributed by atoms with E-state index in [2.05, 4.69) is 35.8 Å². The lowest BCUT2D eigenvalue weighted by molar-refractivity contribution is 0.0994. The third-order valence-electron chi connectivity index (χ3n) is 6.39. The van der Waals surface area contributed by atoms with E-state index in [-0.39, 0.29) is 6.61 Å². The number of benzene rings is 1. The molecule has 3 aromatic rings. The van der Waals surface area contributed by atoms with E-state index >= 15 is 0 Å². The molecule has 2 aromatic heterocycles. The highest BCUT2D eigenvalue weighted by atomic mass is 79.9. The number of ether oxygens (including phenoxy) is 2. The number of nitrogens with two attached hydrogens (primary N) is 1. The lowest BCUT2D eigenvalue weighted by atomic mass is 10.1. The quantitative estimate of drug-likeness (QED) is 0.282. The van der Waals surface area contributed by atoms with Crippen molar-refractivity contribution in [3.05, 3.63) is 62.6 Å². The molecule has 0 radical (unpaired) electrons. The zero-order valence-electron chi connectivity index (χ0n) is 23.0. The molecule has 0 bridgehead atoms. The van der Waals surface area contributed by atoms with E-state index in [1.54, 1.807) is 31.4 Å². The Kier molecular flexibility index (Phi) is 9.94. The number of allylic oxidation sites excluding steroid dienone is 1. The van der Waals surface area contributed by atoms with Crippen LogP contribution in [0.25, 0.3) is 11.4 Å². The van der Waals surface area contributed by atoms with Crippen LogP contribution in [0.5, 0.6) is 11.8 Å². The first-order valence-corrected chi connectivity index (χ1v) is 14.2. The summed E-state index contributed by atoms with van der Waals surface area (Å²) in [5.74, 6) is 1.66. The second-order valence-corrected chi connectivity index (χ2v) is 10.5. The van der Waals surface area contributed by atoms with Crippen LogP contribution in [0, 0.1) is 6.92 Å². The van der Waals surface area contributed by atoms with Crippen molar-refractivity contribution >= 4 is 39.1 Å². The van der Waals surface area contributed by atoms with Gasteiger partial charge in [-0.2, -0.15) is 4.98 Å². The number of anilines is 1. The van der Waals surface area contributed by atoms with Crippen LogP contribution in [0.15, 0.2) is 40.1 Å². The molecule has 1 aliphatic rings. The Labute approximate surface area is 247 Å². The molecule has 0 fully saturated rings. The van der Waals surface area contributed by atoms with Gasteiger partial charge < -0.3 is 25.2 Å². The number of aromatic nitrogens is 4. The molecule has 3 heterocycles. The third kappa shape index (κ3) is 6.54. The van der Waals surface area contributed by atoms with Gasteiger partial charge in [0.25, 0.3) is 0 Å². The molecule has 0 saturated carbocycles. The highest BCUT2D eigenvalue weighted by Gasteiger charge is 2.28. The Morgan fingerprint density at radius 2 is 2.05 bits per heavy atom. The second kappa shape index (κ2) is 13.4. The van der Waals surface area contributed by atoms with Gasteiger partial charge in [0.2, 0.25) is 0 Å². The molecular formula is C28H33BrClN7O3. The lowest BCUT2D eigenvalue weighted by Crippen LogP contribution is -2.21. The number of fused-ring (bicyclic) bond motifs is 1. The Bertz CT molecular complexity index is 1430. The van der Waals surface area contributed by atoms with Gasteiger partial charge in [0, 0.05) is 42.7 Å². The van der Waals surface area contributed by atoms with Crippen LogP contribution in [0.3, 0.4) is 0 Å². The molecule has 0 amide bonds. The summed E-state index contributed by atoms with van der Waals surface area (Å²) in [6, 6.07) is 5.64. The van der Waals surface area contributed by atoms with E-state index in [9.17, 15) is 5.11 Å². The fourth-order valence-corrected chi connectivity index (χ4v) is 4.99. The van der Waals surface area contributed by atoms with Crippen molar-refractivity contribution in [2.24, 2.45) is 10.7 Å². The molecular weight excluding hydrogens is 598 g/mol. The first-order valence-electron chi connectivity index (χ1n) is 13.1. The average Bonchev–Trinajstić information content (AvgIpc) is 3.37. The van der Waals surface area contributed by atoms with Crippen molar-refractivity contribution in [1.29, 1.82) is 0 Å². The maximum Gasteiger partial charge on any atom is 0.316 e. The van der Waals surface area contributed by atoms with Crippen LogP contribution in [-0.4, -0.2) is 57.1 Å². The third-order valence-corrected chi connectivity index (χ3v) is 7.36. The minimum atomic E-state index is -0.551. The predicted octanol–water partition coefficient (Wildman–Crippen LogP) is 4.97. The van der Waals surface area contributed by atoms with Crippen molar-refractivity contribution in [1.82, 2.24) is 19.9 Å². The standard InChI is InChI=1S/C28H33BrClN7O3/c1-5-7-18(38)15-40-19-8-9-22(30)20(10-19)26-35-24(25(32-4)21(29)11-31)16(3)27(36-26)37-13-17-12-33-28(39-6-2)34-23(17)14-37/h8-12,18,38H,5-7,13-15,31H2,1-4H3/t18-/m1/s1. The Morgan fingerprint density at radius 1 is 1.25 bits per heavy atom. The second-order valence-electron chi connectivity index (χ2n) is 9.24. The number of nitrogens with zero attached hydrogens (tertiary/aromatic N) is 6. The number of aliphatic hydroxyl groups is 1. The molecule has 1 atom stereocenters. The Morgan fingerprint density at radius 3 is 2.75 bits per heavy atom. The van der Waals surface area contributed by atoms with Gasteiger partial charge in [0.15, 0.2) is 5.82 Å². The molecule has 12 heteroatoms. The first-order chi connectivity index (χ1) is 19.3. The maximum absolute atomic E-state index is 10.1. The molecule has 0 spiro atoms. The largest absolute Gasteiger partial charge is 0.491 e. The number of rotatable bonds is 11. The molecule has 10 nitrogen and oxygen atoms in total. The van der Waals surface area contributed by atoms with E-state index in [4.69, 9.17) is 36.8 Å². The van der Waals surface area contributed by atoms with Gasteiger partial charge in [-0.05, 0) is 54.4 Å². The average molecular weight is 631 g/mol. The monoisotopic (exact) mass is 629 g/mol. The van der Waals surface area contributed by atoms with Crippen LogP contribution in [0.2, 0.25) is 5.02 Å². The van der Waals surface area contributed by atoms with Gasteiger partial charge in [-0.3, -0.25) is 4.99 Å². The smallest absolute Gasteiger partial charge is 0.316 e. The molecule has 4 rings (SSSR count). The minimum Gasteiger partial charge on any atom is -0.491 e. The van der Waals surface area contributed by atoms with Gasteiger partial charge in [0.1, 0.15) is 18.2 Å². The fraction of sp³-hybridized carbons (Fsp3) is 0.393. The van der Waals surface area contributed by atoms with Crippen molar-refractivity contribution in [2.75, 3.05) is 25.2 Å². The molecule has 1 aromatic carbocycles. The van der Waals surface area contributed by atoms with E-state index in [0.717, 1.165) is 23.2 Å². The van der Waals surface area contributed by atoms with Crippen molar-refractivity contribution in [3.63, 3.8) is 0 Å². The summed E-state index contributed by atoms with van der Waals surface area (Å²) in [6.07, 6.45) is 4.20. The van der Waals surface area contributed by atoms with Crippen LogP contribution in [0.4, 0.5) is 5.82 Å². The SMILES string of the molecule is CCC[C@@H](O)COc1ccc(Cl)c(-c2nc(C(=NC)C(Br)=CN)c(C)c(N3Cc4cnc(OCC)nc4C3)n2)c1. The van der Waals surface area contributed by atoms with Crippen LogP contribution < -0.4 is 20.1 Å². The zero-order chi connectivity index (χ0) is 28.8. The Hall–Kier alpha value is -3.28. The van der Waals surface area contributed by atoms with Gasteiger partial charge in [0.05, 0.1) is 45.9 Å². The maximum atomic E-state index is 10.1. The number of aliphatic imine (C=N–C) groups is 1. The number of aliphatic hydroxyl groups excluding tert-OH is 1. The molecule has 212 valence electrons. The summed E-state index contributed by atoms with van der Waals surface area (Å²) in [5.41, 5.74) is 10.3. The molecule has 0 aliphatic carbocycles. The normalized spacial score (nSPS) is 14.3. The van der Waals surface area contributed by atoms with E-state index in [1.807, 2.05) is 20.8 Å². The fourth-order valence-electron chi connectivity index (χ4n) is 4.43. The van der Waals surface area contributed by atoms with Crippen LogP contribution in [0.1, 0.15) is 49.2 Å². The first kappa shape index (κ1) is 29.7. The topological polar surface area (TPSA) is 132 Å². The molecule has 1 aliphatic heterocycles.